The number of rotatable bonds is 7. The second-order valence-electron chi connectivity index (χ2n) is 4.02. The van der Waals surface area contributed by atoms with Gasteiger partial charge in [0.2, 0.25) is 5.43 Å². The van der Waals surface area contributed by atoms with Crippen molar-refractivity contribution < 1.29 is 0 Å². The van der Waals surface area contributed by atoms with Crippen LogP contribution in [0.3, 0.4) is 0 Å². The lowest BCUT2D eigenvalue weighted by atomic mass is 10.2. The molecule has 0 aliphatic heterocycles. The second kappa shape index (κ2) is 13.3. The lowest BCUT2D eigenvalue weighted by Gasteiger charge is -2.23. The summed E-state index contributed by atoms with van der Waals surface area (Å²) in [6, 6.07) is 1.79. The Morgan fingerprint density at radius 3 is 1.90 bits per heavy atom. The topological polar surface area (TPSA) is 23.6 Å². The lowest BCUT2D eigenvalue weighted by molar-refractivity contribution is 0.301. The van der Waals surface area contributed by atoms with E-state index in [0.29, 0.717) is 4.51 Å². The predicted molar refractivity (Wildman–Crippen MR) is 94.3 cm³/mol. The minimum absolute atomic E-state index is 0.0281. The van der Waals surface area contributed by atoms with Crippen LogP contribution in [0.15, 0.2) is 10.9 Å². The Kier molecular flexibility index (Phi) is 14.3. The van der Waals surface area contributed by atoms with Crippen LogP contribution < -0.4 is 10.3 Å². The van der Waals surface area contributed by atoms with E-state index in [1.54, 1.807) is 6.07 Å². The van der Waals surface area contributed by atoms with E-state index in [-0.39, 0.29) is 5.43 Å². The first-order valence-electron chi connectivity index (χ1n) is 7.84. The van der Waals surface area contributed by atoms with Gasteiger partial charge in [0.15, 0.2) is 0 Å². The number of nitrogens with zero attached hydrogens (tertiary/aromatic N) is 2. The summed E-state index contributed by atoms with van der Waals surface area (Å²) in [7, 11) is 1.95. The Morgan fingerprint density at radius 1 is 1.05 bits per heavy atom. The normalized spacial score (nSPS) is 9.60. The zero-order valence-electron chi connectivity index (χ0n) is 14.3. The van der Waals surface area contributed by atoms with Gasteiger partial charge in [0.05, 0.1) is 10.2 Å². The van der Waals surface area contributed by atoms with E-state index >= 15 is 0 Å². The van der Waals surface area contributed by atoms with E-state index in [2.05, 4.69) is 18.7 Å². The predicted octanol–water partition coefficient (Wildman–Crippen LogP) is 3.87. The van der Waals surface area contributed by atoms with Crippen molar-refractivity contribution in [3.8, 4) is 0 Å². The van der Waals surface area contributed by atoms with Crippen molar-refractivity contribution in [2.45, 2.75) is 48.0 Å². The van der Waals surface area contributed by atoms with Gasteiger partial charge < -0.3 is 9.80 Å². The molecule has 0 amide bonds. The number of hydrogen-bond acceptors (Lipinski definition) is 4. The molecule has 0 aromatic heterocycles. The summed E-state index contributed by atoms with van der Waals surface area (Å²) in [6.07, 6.45) is 1.08. The molecule has 0 heterocycles. The minimum atomic E-state index is 0.0281. The van der Waals surface area contributed by atoms with Crippen LogP contribution >= 0.6 is 12.2 Å². The molecule has 1 aromatic carbocycles. The summed E-state index contributed by atoms with van der Waals surface area (Å²) in [5.74, 6) is 0. The fraction of sp³-hybridized carbons (Fsp3) is 0.750. The molecule has 0 saturated heterocycles. The highest BCUT2D eigenvalue weighted by molar-refractivity contribution is 7.71. The van der Waals surface area contributed by atoms with Crippen LogP contribution in [0.1, 0.15) is 48.0 Å². The van der Waals surface area contributed by atoms with Gasteiger partial charge in [-0.1, -0.05) is 53.8 Å². The van der Waals surface area contributed by atoms with Gasteiger partial charge in [0.1, 0.15) is 0 Å². The average molecular weight is 301 g/mol. The van der Waals surface area contributed by atoms with Crippen molar-refractivity contribution in [1.29, 1.82) is 0 Å². The molecule has 0 atom stereocenters. The Balaban J connectivity index is 0. The summed E-state index contributed by atoms with van der Waals surface area (Å²) >= 11 is 4.83. The van der Waals surface area contributed by atoms with Crippen LogP contribution in [0.2, 0.25) is 0 Å². The lowest BCUT2D eigenvalue weighted by Crippen LogP contribution is -2.31. The summed E-state index contributed by atoms with van der Waals surface area (Å²) in [5.41, 5.74) is 0.796. The minimum Gasteiger partial charge on any atom is -0.371 e. The Bertz CT molecular complexity index is 393. The fourth-order valence-corrected chi connectivity index (χ4v) is 2.00. The molecule has 0 bridgehead atoms. The van der Waals surface area contributed by atoms with Gasteiger partial charge in [-0.3, -0.25) is 4.79 Å². The van der Waals surface area contributed by atoms with Crippen molar-refractivity contribution in [2.75, 3.05) is 38.1 Å². The van der Waals surface area contributed by atoms with Crippen molar-refractivity contribution in [1.82, 2.24) is 4.90 Å². The Hall–Kier alpha value is -0.740. The molecule has 4 heteroatoms. The largest absolute Gasteiger partial charge is 0.371 e. The SMILES string of the molecule is CC.CC.CCN(CC)CCCN(C)c1cc(=S)c1=O. The van der Waals surface area contributed by atoms with Crippen molar-refractivity contribution in [3.63, 3.8) is 0 Å². The van der Waals surface area contributed by atoms with Crippen LogP contribution in [-0.4, -0.2) is 38.1 Å². The smallest absolute Gasteiger partial charge is 0.219 e. The van der Waals surface area contributed by atoms with Gasteiger partial charge in [-0.25, -0.2) is 0 Å². The molecule has 0 aliphatic rings. The molecular weight excluding hydrogens is 268 g/mol. The van der Waals surface area contributed by atoms with Crippen LogP contribution in [0.25, 0.3) is 0 Å². The molecule has 0 aliphatic carbocycles. The second-order valence-corrected chi connectivity index (χ2v) is 4.46. The Morgan fingerprint density at radius 2 is 1.55 bits per heavy atom. The Labute approximate surface area is 130 Å². The van der Waals surface area contributed by atoms with Gasteiger partial charge in [0.25, 0.3) is 0 Å². The standard InChI is InChI=1S/C12H20N2OS.2C2H6/c1-4-14(5-2)8-6-7-13(3)10-9-11(16)12(10)15;2*1-2/h9H,4-8H2,1-3H3;2*1-2H3. The maximum atomic E-state index is 11.4. The van der Waals surface area contributed by atoms with Gasteiger partial charge in [-0.15, -0.1) is 0 Å². The molecule has 20 heavy (non-hydrogen) atoms. The average Bonchev–Trinajstić information content (AvgIpc) is 2.52. The quantitative estimate of drug-likeness (QED) is 0.713. The third-order valence-corrected chi connectivity index (χ3v) is 3.30. The molecular formula is C16H32N2OS. The summed E-state index contributed by atoms with van der Waals surface area (Å²) in [5, 5.41) is 0. The first-order valence-corrected chi connectivity index (χ1v) is 8.24. The van der Waals surface area contributed by atoms with E-state index in [0.717, 1.165) is 38.3 Å². The molecule has 0 N–H and O–H groups in total. The van der Waals surface area contributed by atoms with Crippen molar-refractivity contribution in [3.05, 3.63) is 20.8 Å². The molecule has 118 valence electrons. The highest BCUT2D eigenvalue weighted by atomic mass is 32.1. The third-order valence-electron chi connectivity index (χ3n) is 3.00. The van der Waals surface area contributed by atoms with Gasteiger partial charge >= 0.3 is 0 Å². The molecule has 0 unspecified atom stereocenters. The monoisotopic (exact) mass is 300 g/mol. The molecule has 0 saturated carbocycles. The maximum absolute atomic E-state index is 11.4. The zero-order chi connectivity index (χ0) is 16.1. The van der Waals surface area contributed by atoms with E-state index in [1.165, 1.54) is 0 Å². The van der Waals surface area contributed by atoms with E-state index in [1.807, 2.05) is 39.6 Å². The molecule has 0 radical (unpaired) electrons. The summed E-state index contributed by atoms with van der Waals surface area (Å²) < 4.78 is 0.464. The first kappa shape index (κ1) is 21.6. The highest BCUT2D eigenvalue weighted by Gasteiger charge is 2.11. The van der Waals surface area contributed by atoms with Crippen LogP contribution in [0.5, 0.6) is 0 Å². The zero-order valence-corrected chi connectivity index (χ0v) is 15.1. The van der Waals surface area contributed by atoms with Gasteiger partial charge in [-0.2, -0.15) is 0 Å². The maximum Gasteiger partial charge on any atom is 0.219 e. The fourth-order valence-electron chi connectivity index (χ4n) is 1.78. The third kappa shape index (κ3) is 7.15. The van der Waals surface area contributed by atoms with Crippen LogP contribution in [0, 0.1) is 4.51 Å². The number of hydrogen-bond donors (Lipinski definition) is 0. The van der Waals surface area contributed by atoms with Crippen molar-refractivity contribution >= 4 is 17.9 Å². The highest BCUT2D eigenvalue weighted by Crippen LogP contribution is 2.10. The van der Waals surface area contributed by atoms with E-state index < -0.39 is 0 Å². The first-order chi connectivity index (χ1) is 9.60. The molecule has 1 aromatic rings. The van der Waals surface area contributed by atoms with Crippen molar-refractivity contribution in [2.24, 2.45) is 0 Å². The molecule has 1 rings (SSSR count). The van der Waals surface area contributed by atoms with Crippen LogP contribution in [-0.2, 0) is 0 Å². The molecule has 3 nitrogen and oxygen atoms in total. The number of anilines is 1. The van der Waals surface area contributed by atoms with Gasteiger partial charge in [0, 0.05) is 13.6 Å². The van der Waals surface area contributed by atoms with E-state index in [9.17, 15) is 4.79 Å². The molecule has 0 spiro atoms. The van der Waals surface area contributed by atoms with Crippen LogP contribution in [0.4, 0.5) is 5.69 Å². The summed E-state index contributed by atoms with van der Waals surface area (Å²) in [6.45, 7) is 16.5. The van der Waals surface area contributed by atoms with E-state index in [4.69, 9.17) is 12.2 Å². The molecule has 0 fully saturated rings. The summed E-state index contributed by atoms with van der Waals surface area (Å²) in [4.78, 5) is 15.7. The van der Waals surface area contributed by atoms with Gasteiger partial charge in [-0.05, 0) is 32.1 Å².